The van der Waals surface area contributed by atoms with Crippen molar-refractivity contribution in [2.75, 3.05) is 32.1 Å². The maximum atomic E-state index is 12.9. The lowest BCUT2D eigenvalue weighted by Gasteiger charge is -2.47. The lowest BCUT2D eigenvalue weighted by molar-refractivity contribution is -0.134. The first-order valence-corrected chi connectivity index (χ1v) is 10.9. The molecule has 2 heterocycles. The van der Waals surface area contributed by atoms with Crippen molar-refractivity contribution < 1.29 is 14.3 Å². The van der Waals surface area contributed by atoms with E-state index in [4.69, 9.17) is 4.74 Å². The van der Waals surface area contributed by atoms with E-state index in [1.165, 1.54) is 0 Å². The van der Waals surface area contributed by atoms with Crippen molar-refractivity contribution in [3.63, 3.8) is 0 Å². The Kier molecular flexibility index (Phi) is 5.90. The second-order valence-electron chi connectivity index (χ2n) is 8.90. The summed E-state index contributed by atoms with van der Waals surface area (Å²) in [5.74, 6) is 0.958. The first-order valence-electron chi connectivity index (χ1n) is 10.9. The molecule has 2 aliphatic heterocycles. The Bertz CT molecular complexity index is 947. The summed E-state index contributed by atoms with van der Waals surface area (Å²) in [4.78, 5) is 28.6. The fraction of sp³-hybridized carbons (Fsp3) is 0.440. The fourth-order valence-electron chi connectivity index (χ4n) is 4.66. The zero-order valence-corrected chi connectivity index (χ0v) is 18.6. The average molecular weight is 422 g/mol. The topological polar surface area (TPSA) is 61.9 Å². The standard InChI is InChI=1S/C25H31N3O3/c1-18(29)26-22-17-25(31-23-7-5-4-6-21(22)23)12-14-28(15-13-25)24(30)16-19-8-10-20(11-9-19)27(2)3/h4-11,22H,12-17H2,1-3H3,(H,26,29)/t22-/m0/s1. The molecule has 0 aliphatic carbocycles. The van der Waals surface area contributed by atoms with Gasteiger partial charge in [0.1, 0.15) is 11.4 Å². The molecule has 164 valence electrons. The number of benzene rings is 2. The van der Waals surface area contributed by atoms with E-state index in [9.17, 15) is 9.59 Å². The minimum atomic E-state index is -0.342. The van der Waals surface area contributed by atoms with Crippen LogP contribution in [0.1, 0.15) is 43.4 Å². The summed E-state index contributed by atoms with van der Waals surface area (Å²) < 4.78 is 6.46. The normalized spacial score (nSPS) is 19.3. The first kappa shape index (κ1) is 21.2. The molecule has 31 heavy (non-hydrogen) atoms. The van der Waals surface area contributed by atoms with Crippen LogP contribution in [-0.2, 0) is 16.0 Å². The number of anilines is 1. The highest BCUT2D eigenvalue weighted by atomic mass is 16.5. The van der Waals surface area contributed by atoms with Gasteiger partial charge < -0.3 is 19.9 Å². The molecule has 0 bridgehead atoms. The number of carbonyl (C=O) groups excluding carboxylic acids is 2. The quantitative estimate of drug-likeness (QED) is 0.823. The second kappa shape index (κ2) is 8.61. The molecule has 0 saturated carbocycles. The van der Waals surface area contributed by atoms with Crippen LogP contribution in [0.4, 0.5) is 5.69 Å². The molecule has 2 aliphatic rings. The molecule has 1 spiro atoms. The highest BCUT2D eigenvalue weighted by Gasteiger charge is 2.44. The second-order valence-corrected chi connectivity index (χ2v) is 8.90. The molecule has 0 unspecified atom stereocenters. The van der Waals surface area contributed by atoms with Gasteiger partial charge in [-0.05, 0) is 23.8 Å². The Morgan fingerprint density at radius 1 is 1.10 bits per heavy atom. The zero-order chi connectivity index (χ0) is 22.0. The number of amides is 2. The maximum absolute atomic E-state index is 12.9. The molecular formula is C25H31N3O3. The van der Waals surface area contributed by atoms with Crippen molar-refractivity contribution in [2.45, 2.75) is 44.2 Å². The van der Waals surface area contributed by atoms with Gasteiger partial charge in [0.15, 0.2) is 0 Å². The van der Waals surface area contributed by atoms with Crippen LogP contribution in [0.2, 0.25) is 0 Å². The minimum absolute atomic E-state index is 0.0373. The Labute approximate surface area is 184 Å². The van der Waals surface area contributed by atoms with Crippen molar-refractivity contribution in [3.8, 4) is 5.75 Å². The number of ether oxygens (including phenoxy) is 1. The van der Waals surface area contributed by atoms with Gasteiger partial charge in [-0.15, -0.1) is 0 Å². The number of nitrogens with zero attached hydrogens (tertiary/aromatic N) is 2. The third-order valence-corrected chi connectivity index (χ3v) is 6.41. The minimum Gasteiger partial charge on any atom is -0.487 e. The third kappa shape index (κ3) is 4.68. The summed E-state index contributed by atoms with van der Waals surface area (Å²) in [7, 11) is 4.01. The molecule has 0 radical (unpaired) electrons. The summed E-state index contributed by atoms with van der Waals surface area (Å²) >= 11 is 0. The van der Waals surface area contributed by atoms with Crippen LogP contribution in [0.25, 0.3) is 0 Å². The Balaban J connectivity index is 1.40. The van der Waals surface area contributed by atoms with Crippen LogP contribution in [0.5, 0.6) is 5.75 Å². The van der Waals surface area contributed by atoms with E-state index < -0.39 is 0 Å². The molecule has 1 atom stereocenters. The first-order chi connectivity index (χ1) is 14.8. The highest BCUT2D eigenvalue weighted by molar-refractivity contribution is 5.79. The van der Waals surface area contributed by atoms with Gasteiger partial charge in [-0.1, -0.05) is 30.3 Å². The molecular weight excluding hydrogens is 390 g/mol. The number of hydrogen-bond acceptors (Lipinski definition) is 4. The molecule has 1 saturated heterocycles. The SMILES string of the molecule is CC(=O)N[C@H]1CC2(CCN(C(=O)Cc3ccc(N(C)C)cc3)CC2)Oc2ccccc21. The number of hydrogen-bond donors (Lipinski definition) is 1. The van der Waals surface area contributed by atoms with Crippen molar-refractivity contribution >= 4 is 17.5 Å². The van der Waals surface area contributed by atoms with Gasteiger partial charge in [0.2, 0.25) is 11.8 Å². The largest absolute Gasteiger partial charge is 0.487 e. The molecule has 0 aromatic heterocycles. The smallest absolute Gasteiger partial charge is 0.226 e. The summed E-state index contributed by atoms with van der Waals surface area (Å²) in [5, 5.41) is 3.09. The monoisotopic (exact) mass is 421 g/mol. The lowest BCUT2D eigenvalue weighted by Crippen LogP contribution is -2.53. The van der Waals surface area contributed by atoms with Gasteiger partial charge in [0.05, 0.1) is 12.5 Å². The Hall–Kier alpha value is -3.02. The van der Waals surface area contributed by atoms with E-state index in [2.05, 4.69) is 5.32 Å². The summed E-state index contributed by atoms with van der Waals surface area (Å²) in [6, 6.07) is 16.0. The van der Waals surface area contributed by atoms with Crippen LogP contribution >= 0.6 is 0 Å². The number of nitrogens with one attached hydrogen (secondary N) is 1. The summed E-state index contributed by atoms with van der Waals surface area (Å²) in [5.41, 5.74) is 2.85. The average Bonchev–Trinajstić information content (AvgIpc) is 2.74. The molecule has 2 amide bonds. The number of para-hydroxylation sites is 1. The molecule has 6 heteroatoms. The molecule has 2 aromatic carbocycles. The summed E-state index contributed by atoms with van der Waals surface area (Å²) in [6.45, 7) is 2.89. The van der Waals surface area contributed by atoms with Crippen molar-refractivity contribution in [3.05, 3.63) is 59.7 Å². The lowest BCUT2D eigenvalue weighted by atomic mass is 9.80. The van der Waals surface area contributed by atoms with Gasteiger partial charge in [0.25, 0.3) is 0 Å². The van der Waals surface area contributed by atoms with Crippen molar-refractivity contribution in [2.24, 2.45) is 0 Å². The van der Waals surface area contributed by atoms with Crippen LogP contribution in [0, 0.1) is 0 Å². The van der Waals surface area contributed by atoms with Crippen molar-refractivity contribution in [1.29, 1.82) is 0 Å². The van der Waals surface area contributed by atoms with E-state index >= 15 is 0 Å². The predicted molar refractivity (Wildman–Crippen MR) is 121 cm³/mol. The third-order valence-electron chi connectivity index (χ3n) is 6.41. The van der Waals surface area contributed by atoms with Gasteiger partial charge in [-0.25, -0.2) is 0 Å². The van der Waals surface area contributed by atoms with E-state index in [0.29, 0.717) is 19.5 Å². The van der Waals surface area contributed by atoms with Crippen LogP contribution in [0.15, 0.2) is 48.5 Å². The molecule has 1 fully saturated rings. The van der Waals surface area contributed by atoms with Gasteiger partial charge in [-0.3, -0.25) is 9.59 Å². The number of likely N-dealkylation sites (tertiary alicyclic amines) is 1. The van der Waals surface area contributed by atoms with Crippen LogP contribution in [0.3, 0.4) is 0 Å². The predicted octanol–water partition coefficient (Wildman–Crippen LogP) is 3.32. The molecule has 6 nitrogen and oxygen atoms in total. The van der Waals surface area contributed by atoms with Crippen LogP contribution in [-0.4, -0.2) is 49.5 Å². The van der Waals surface area contributed by atoms with E-state index in [-0.39, 0.29) is 23.5 Å². The van der Waals surface area contributed by atoms with Gasteiger partial charge in [0, 0.05) is 64.6 Å². The molecule has 4 rings (SSSR count). The van der Waals surface area contributed by atoms with E-state index in [1.807, 2.05) is 72.4 Å². The zero-order valence-electron chi connectivity index (χ0n) is 18.6. The number of carbonyl (C=O) groups is 2. The molecule has 1 N–H and O–H groups in total. The van der Waals surface area contributed by atoms with Gasteiger partial charge in [-0.2, -0.15) is 0 Å². The molecule has 2 aromatic rings. The summed E-state index contributed by atoms with van der Waals surface area (Å²) in [6.07, 6.45) is 2.68. The van der Waals surface area contributed by atoms with E-state index in [1.54, 1.807) is 6.92 Å². The highest BCUT2D eigenvalue weighted by Crippen LogP contribution is 2.44. The Morgan fingerprint density at radius 3 is 2.42 bits per heavy atom. The number of fused-ring (bicyclic) bond motifs is 1. The van der Waals surface area contributed by atoms with Crippen LogP contribution < -0.4 is 15.0 Å². The Morgan fingerprint density at radius 2 is 1.77 bits per heavy atom. The number of piperidine rings is 1. The van der Waals surface area contributed by atoms with Crippen molar-refractivity contribution in [1.82, 2.24) is 10.2 Å². The fourth-order valence-corrected chi connectivity index (χ4v) is 4.66. The number of rotatable bonds is 4. The maximum Gasteiger partial charge on any atom is 0.226 e. The van der Waals surface area contributed by atoms with Gasteiger partial charge >= 0.3 is 0 Å². The van der Waals surface area contributed by atoms with E-state index in [0.717, 1.165) is 41.8 Å².